The van der Waals surface area contributed by atoms with E-state index in [4.69, 9.17) is 5.11 Å². The van der Waals surface area contributed by atoms with Crippen LogP contribution >= 0.6 is 0 Å². The largest absolute Gasteiger partial charge is 0.480 e. The number of likely N-dealkylation sites (tertiary alicyclic amines) is 1. The van der Waals surface area contributed by atoms with Crippen molar-refractivity contribution in [3.8, 4) is 0 Å². The van der Waals surface area contributed by atoms with Crippen molar-refractivity contribution in [1.29, 1.82) is 0 Å². The molecular weight excluding hydrogens is 236 g/mol. The highest BCUT2D eigenvalue weighted by molar-refractivity contribution is 6.05. The predicted molar refractivity (Wildman–Crippen MR) is 64.9 cm³/mol. The summed E-state index contributed by atoms with van der Waals surface area (Å²) in [5.41, 5.74) is -1.18. The molecule has 0 bridgehead atoms. The fraction of sp³-hybridized carbons (Fsp3) is 0.750. The minimum atomic E-state index is -1.18. The van der Waals surface area contributed by atoms with E-state index in [9.17, 15) is 14.4 Å². The molecule has 0 spiro atoms. The second-order valence-corrected chi connectivity index (χ2v) is 5.08. The molecule has 2 amide bonds. The number of rotatable bonds is 5. The zero-order valence-corrected chi connectivity index (χ0v) is 11.3. The van der Waals surface area contributed by atoms with Crippen molar-refractivity contribution in [2.75, 3.05) is 13.6 Å². The minimum absolute atomic E-state index is 0.0616. The number of nitrogens with zero attached hydrogens (tertiary/aromatic N) is 2. The van der Waals surface area contributed by atoms with Gasteiger partial charge in [-0.3, -0.25) is 24.2 Å². The second kappa shape index (κ2) is 5.06. The highest BCUT2D eigenvalue weighted by Crippen LogP contribution is 2.24. The smallest absolute Gasteiger partial charge is 0.323 e. The van der Waals surface area contributed by atoms with Crippen LogP contribution in [-0.2, 0) is 14.4 Å². The van der Waals surface area contributed by atoms with Crippen molar-refractivity contribution in [1.82, 2.24) is 9.80 Å². The van der Waals surface area contributed by atoms with Crippen LogP contribution in [0.5, 0.6) is 0 Å². The molecule has 1 fully saturated rings. The van der Waals surface area contributed by atoms with Crippen molar-refractivity contribution < 1.29 is 19.5 Å². The molecule has 1 saturated heterocycles. The molecule has 0 aliphatic carbocycles. The average molecular weight is 256 g/mol. The van der Waals surface area contributed by atoms with Crippen LogP contribution in [0, 0.1) is 0 Å². The Morgan fingerprint density at radius 3 is 2.50 bits per heavy atom. The number of hydrogen-bond donors (Lipinski definition) is 1. The van der Waals surface area contributed by atoms with E-state index in [1.165, 1.54) is 23.6 Å². The summed E-state index contributed by atoms with van der Waals surface area (Å²) in [5.74, 6) is -1.53. The first kappa shape index (κ1) is 14.6. The fourth-order valence-electron chi connectivity index (χ4n) is 1.97. The van der Waals surface area contributed by atoms with Gasteiger partial charge in [0.15, 0.2) is 0 Å². The maximum Gasteiger partial charge on any atom is 0.323 e. The van der Waals surface area contributed by atoms with Gasteiger partial charge >= 0.3 is 5.97 Å². The normalized spacial score (nSPS) is 20.9. The number of aliphatic carboxylic acids is 1. The summed E-state index contributed by atoms with van der Waals surface area (Å²) >= 11 is 0. The van der Waals surface area contributed by atoms with E-state index in [2.05, 4.69) is 0 Å². The Hall–Kier alpha value is -1.43. The molecule has 6 heteroatoms. The molecule has 0 saturated carbocycles. The Balaban J connectivity index is 2.90. The molecular formula is C12H20N2O4. The molecule has 1 unspecified atom stereocenters. The van der Waals surface area contributed by atoms with Crippen molar-refractivity contribution in [2.45, 2.75) is 45.2 Å². The van der Waals surface area contributed by atoms with Crippen molar-refractivity contribution in [3.63, 3.8) is 0 Å². The van der Waals surface area contributed by atoms with Gasteiger partial charge in [0.25, 0.3) is 0 Å². The molecule has 6 nitrogen and oxygen atoms in total. The van der Waals surface area contributed by atoms with Crippen LogP contribution in [0.4, 0.5) is 0 Å². The summed E-state index contributed by atoms with van der Waals surface area (Å²) in [6.07, 6.45) is 0.766. The quantitative estimate of drug-likeness (QED) is 0.717. The van der Waals surface area contributed by atoms with Gasteiger partial charge in [0.1, 0.15) is 5.54 Å². The number of likely N-dealkylation sites (N-methyl/N-ethyl adjacent to an activating group) is 1. The Labute approximate surface area is 107 Å². The number of amides is 2. The number of carboxylic acid groups (broad SMARTS) is 1. The Bertz CT molecular complexity index is 378. The van der Waals surface area contributed by atoms with Gasteiger partial charge in [0.05, 0.1) is 12.5 Å². The Morgan fingerprint density at radius 1 is 1.50 bits per heavy atom. The van der Waals surface area contributed by atoms with Gasteiger partial charge < -0.3 is 5.11 Å². The van der Waals surface area contributed by atoms with Gasteiger partial charge in [-0.1, -0.05) is 6.92 Å². The van der Waals surface area contributed by atoms with E-state index in [0.717, 1.165) is 0 Å². The lowest BCUT2D eigenvalue weighted by Gasteiger charge is -2.34. The first-order chi connectivity index (χ1) is 8.23. The van der Waals surface area contributed by atoms with Crippen LogP contribution in [0.2, 0.25) is 0 Å². The molecule has 0 aromatic carbocycles. The number of carboxylic acids is 1. The van der Waals surface area contributed by atoms with Crippen LogP contribution in [0.15, 0.2) is 0 Å². The van der Waals surface area contributed by atoms with Crippen molar-refractivity contribution in [2.24, 2.45) is 0 Å². The van der Waals surface area contributed by atoms with Crippen molar-refractivity contribution >= 4 is 17.8 Å². The standard InChI is InChI=1S/C12H20N2O4/c1-5-6-14-9(15)7-8(10(14)16)13(4)12(2,3)11(17)18/h8H,5-7H2,1-4H3,(H,17,18). The third-order valence-electron chi connectivity index (χ3n) is 3.54. The number of hydrogen-bond acceptors (Lipinski definition) is 4. The highest BCUT2D eigenvalue weighted by Gasteiger charge is 2.46. The first-order valence-electron chi connectivity index (χ1n) is 6.04. The van der Waals surface area contributed by atoms with Crippen LogP contribution in [0.3, 0.4) is 0 Å². The Kier molecular flexibility index (Phi) is 4.11. The molecule has 102 valence electrons. The van der Waals surface area contributed by atoms with E-state index in [1.54, 1.807) is 7.05 Å². The summed E-state index contributed by atoms with van der Waals surface area (Å²) in [4.78, 5) is 37.7. The van der Waals surface area contributed by atoms with Gasteiger partial charge in [0.2, 0.25) is 11.8 Å². The molecule has 0 aromatic heterocycles. The van der Waals surface area contributed by atoms with Gasteiger partial charge in [0, 0.05) is 6.54 Å². The summed E-state index contributed by atoms with van der Waals surface area (Å²) in [6.45, 7) is 5.33. The number of carbonyl (C=O) groups excluding carboxylic acids is 2. The lowest BCUT2D eigenvalue weighted by Crippen LogP contribution is -2.54. The van der Waals surface area contributed by atoms with Gasteiger partial charge in [-0.15, -0.1) is 0 Å². The van der Waals surface area contributed by atoms with E-state index in [-0.39, 0.29) is 18.2 Å². The first-order valence-corrected chi connectivity index (χ1v) is 6.04. The maximum absolute atomic E-state index is 12.1. The molecule has 1 aliphatic rings. The molecule has 1 N–H and O–H groups in total. The van der Waals surface area contributed by atoms with Crippen LogP contribution in [-0.4, -0.2) is 57.9 Å². The van der Waals surface area contributed by atoms with Gasteiger partial charge in [-0.05, 0) is 27.3 Å². The molecule has 1 heterocycles. The Morgan fingerprint density at radius 2 is 2.06 bits per heavy atom. The molecule has 1 atom stereocenters. The third kappa shape index (κ3) is 2.38. The molecule has 1 rings (SSSR count). The second-order valence-electron chi connectivity index (χ2n) is 5.08. The molecule has 1 aliphatic heterocycles. The topological polar surface area (TPSA) is 77.9 Å². The van der Waals surface area contributed by atoms with Crippen LogP contribution < -0.4 is 0 Å². The molecule has 0 radical (unpaired) electrons. The van der Waals surface area contributed by atoms with Crippen LogP contribution in [0.1, 0.15) is 33.6 Å². The fourth-order valence-corrected chi connectivity index (χ4v) is 1.97. The third-order valence-corrected chi connectivity index (χ3v) is 3.54. The van der Waals surface area contributed by atoms with E-state index < -0.39 is 17.6 Å². The van der Waals surface area contributed by atoms with E-state index in [0.29, 0.717) is 13.0 Å². The minimum Gasteiger partial charge on any atom is -0.480 e. The number of carbonyl (C=O) groups is 3. The van der Waals surface area contributed by atoms with Crippen molar-refractivity contribution in [3.05, 3.63) is 0 Å². The molecule has 0 aromatic rings. The van der Waals surface area contributed by atoms with Crippen LogP contribution in [0.25, 0.3) is 0 Å². The SMILES string of the molecule is CCCN1C(=O)CC(N(C)C(C)(C)C(=O)O)C1=O. The monoisotopic (exact) mass is 256 g/mol. The predicted octanol–water partition coefficient (Wildman–Crippen LogP) is 0.319. The van der Waals surface area contributed by atoms with E-state index >= 15 is 0 Å². The summed E-state index contributed by atoms with van der Waals surface area (Å²) in [5, 5.41) is 9.14. The zero-order chi connectivity index (χ0) is 14.1. The molecule has 18 heavy (non-hydrogen) atoms. The average Bonchev–Trinajstić information content (AvgIpc) is 2.56. The maximum atomic E-state index is 12.1. The zero-order valence-electron chi connectivity index (χ0n) is 11.3. The lowest BCUT2D eigenvalue weighted by atomic mass is 10.0. The van der Waals surface area contributed by atoms with Gasteiger partial charge in [-0.2, -0.15) is 0 Å². The highest BCUT2D eigenvalue weighted by atomic mass is 16.4. The number of imide groups is 1. The van der Waals surface area contributed by atoms with E-state index in [1.807, 2.05) is 6.92 Å². The lowest BCUT2D eigenvalue weighted by molar-refractivity contribution is -0.151. The summed E-state index contributed by atoms with van der Waals surface area (Å²) in [6, 6.07) is -0.671. The summed E-state index contributed by atoms with van der Waals surface area (Å²) in [7, 11) is 1.57. The summed E-state index contributed by atoms with van der Waals surface area (Å²) < 4.78 is 0. The van der Waals surface area contributed by atoms with Gasteiger partial charge in [-0.25, -0.2) is 0 Å².